The average molecular weight is 254 g/mol. The summed E-state index contributed by atoms with van der Waals surface area (Å²) in [6, 6.07) is 4.32. The predicted molar refractivity (Wildman–Crippen MR) is 69.8 cm³/mol. The van der Waals surface area contributed by atoms with Crippen LogP contribution in [0.5, 0.6) is 0 Å². The molecule has 0 spiro atoms. The molecule has 18 heavy (non-hydrogen) atoms. The van der Waals surface area contributed by atoms with E-state index in [0.29, 0.717) is 19.0 Å². The third-order valence-electron chi connectivity index (χ3n) is 3.49. The number of anilines is 1. The van der Waals surface area contributed by atoms with Gasteiger partial charge in [-0.3, -0.25) is 0 Å². The number of nitrogens with zero attached hydrogens (tertiary/aromatic N) is 1. The maximum atomic E-state index is 13.8. The van der Waals surface area contributed by atoms with E-state index in [1.165, 1.54) is 18.2 Å². The third kappa shape index (κ3) is 2.80. The van der Waals surface area contributed by atoms with Crippen LogP contribution in [0.2, 0.25) is 0 Å². The largest absolute Gasteiger partial charge is 0.365 e. The SMILES string of the molecule is CC(C)C1CN(c2c(F)cccc2F)CCCN1. The van der Waals surface area contributed by atoms with Gasteiger partial charge in [-0.2, -0.15) is 0 Å². The summed E-state index contributed by atoms with van der Waals surface area (Å²) in [5.74, 6) is -0.501. The molecule has 4 heteroatoms. The van der Waals surface area contributed by atoms with E-state index >= 15 is 0 Å². The minimum absolute atomic E-state index is 0.117. The number of benzene rings is 1. The van der Waals surface area contributed by atoms with Crippen LogP contribution in [0, 0.1) is 17.6 Å². The van der Waals surface area contributed by atoms with Crippen molar-refractivity contribution in [1.29, 1.82) is 0 Å². The first-order valence-corrected chi connectivity index (χ1v) is 6.52. The second-order valence-corrected chi connectivity index (χ2v) is 5.17. The van der Waals surface area contributed by atoms with Gasteiger partial charge in [0.15, 0.2) is 0 Å². The van der Waals surface area contributed by atoms with Crippen molar-refractivity contribution in [3.8, 4) is 0 Å². The Labute approximate surface area is 107 Å². The molecule has 1 unspecified atom stereocenters. The van der Waals surface area contributed by atoms with Gasteiger partial charge in [-0.05, 0) is 31.0 Å². The Hall–Kier alpha value is -1.16. The lowest BCUT2D eigenvalue weighted by Crippen LogP contribution is -2.41. The molecule has 1 atom stereocenters. The lowest BCUT2D eigenvalue weighted by molar-refractivity contribution is 0.418. The van der Waals surface area contributed by atoms with Gasteiger partial charge >= 0.3 is 0 Å². The first-order chi connectivity index (χ1) is 8.59. The molecule has 100 valence electrons. The maximum Gasteiger partial charge on any atom is 0.149 e. The predicted octanol–water partition coefficient (Wildman–Crippen LogP) is 2.79. The van der Waals surface area contributed by atoms with Crippen molar-refractivity contribution in [3.63, 3.8) is 0 Å². The first kappa shape index (κ1) is 13.3. The van der Waals surface area contributed by atoms with Crippen LogP contribution in [-0.4, -0.2) is 25.7 Å². The molecule has 0 aromatic heterocycles. The number of para-hydroxylation sites is 1. The van der Waals surface area contributed by atoms with Crippen LogP contribution in [0.15, 0.2) is 18.2 Å². The smallest absolute Gasteiger partial charge is 0.149 e. The van der Waals surface area contributed by atoms with E-state index in [0.717, 1.165) is 13.0 Å². The van der Waals surface area contributed by atoms with Gasteiger partial charge in [0.05, 0.1) is 0 Å². The van der Waals surface area contributed by atoms with Crippen molar-refractivity contribution in [2.24, 2.45) is 5.92 Å². The molecule has 1 aromatic rings. The molecule has 1 aliphatic heterocycles. The Morgan fingerprint density at radius 3 is 2.56 bits per heavy atom. The molecule has 0 radical (unpaired) electrons. The van der Waals surface area contributed by atoms with E-state index in [1.807, 2.05) is 4.90 Å². The highest BCUT2D eigenvalue weighted by molar-refractivity contribution is 5.49. The summed E-state index contributed by atoms with van der Waals surface area (Å²) in [7, 11) is 0. The van der Waals surface area contributed by atoms with E-state index < -0.39 is 11.6 Å². The van der Waals surface area contributed by atoms with E-state index in [4.69, 9.17) is 0 Å². The number of rotatable bonds is 2. The Balaban J connectivity index is 2.25. The highest BCUT2D eigenvalue weighted by Crippen LogP contribution is 2.25. The molecule has 0 aliphatic carbocycles. The second kappa shape index (κ2) is 5.65. The molecule has 1 aromatic carbocycles. The molecule has 1 heterocycles. The van der Waals surface area contributed by atoms with Gasteiger partial charge in [-0.25, -0.2) is 8.78 Å². The average Bonchev–Trinajstić information content (AvgIpc) is 2.54. The summed E-state index contributed by atoms with van der Waals surface area (Å²) in [5, 5.41) is 3.43. The van der Waals surface area contributed by atoms with Crippen LogP contribution < -0.4 is 10.2 Å². The quantitative estimate of drug-likeness (QED) is 0.873. The summed E-state index contributed by atoms with van der Waals surface area (Å²) < 4.78 is 27.6. The molecular weight excluding hydrogens is 234 g/mol. The number of nitrogens with one attached hydrogen (secondary N) is 1. The molecule has 0 amide bonds. The minimum atomic E-state index is -0.473. The molecular formula is C14H20F2N2. The summed E-state index contributed by atoms with van der Waals surface area (Å²) in [5.41, 5.74) is 0.117. The molecule has 1 saturated heterocycles. The van der Waals surface area contributed by atoms with Crippen molar-refractivity contribution in [1.82, 2.24) is 5.32 Å². The lowest BCUT2D eigenvalue weighted by atomic mass is 10.0. The van der Waals surface area contributed by atoms with E-state index in [9.17, 15) is 8.78 Å². The highest BCUT2D eigenvalue weighted by atomic mass is 19.1. The van der Waals surface area contributed by atoms with Crippen molar-refractivity contribution < 1.29 is 8.78 Å². The fourth-order valence-corrected chi connectivity index (χ4v) is 2.39. The third-order valence-corrected chi connectivity index (χ3v) is 3.49. The Morgan fingerprint density at radius 1 is 1.28 bits per heavy atom. The molecule has 0 bridgehead atoms. The van der Waals surface area contributed by atoms with Crippen LogP contribution in [0.3, 0.4) is 0 Å². The maximum absolute atomic E-state index is 13.8. The van der Waals surface area contributed by atoms with Crippen molar-refractivity contribution in [2.75, 3.05) is 24.5 Å². The number of halogens is 2. The monoisotopic (exact) mass is 254 g/mol. The van der Waals surface area contributed by atoms with Gasteiger partial charge in [0.1, 0.15) is 17.3 Å². The van der Waals surface area contributed by atoms with E-state index in [1.54, 1.807) is 0 Å². The normalized spacial score (nSPS) is 21.2. The van der Waals surface area contributed by atoms with E-state index in [-0.39, 0.29) is 11.7 Å². The first-order valence-electron chi connectivity index (χ1n) is 6.52. The Morgan fingerprint density at radius 2 is 1.94 bits per heavy atom. The molecule has 2 nitrogen and oxygen atoms in total. The van der Waals surface area contributed by atoms with Crippen molar-refractivity contribution in [2.45, 2.75) is 26.3 Å². The molecule has 1 N–H and O–H groups in total. The van der Waals surface area contributed by atoms with Gasteiger partial charge < -0.3 is 10.2 Å². The number of hydrogen-bond acceptors (Lipinski definition) is 2. The Kier molecular flexibility index (Phi) is 4.17. The van der Waals surface area contributed by atoms with Crippen LogP contribution >= 0.6 is 0 Å². The van der Waals surface area contributed by atoms with Crippen LogP contribution in [0.25, 0.3) is 0 Å². The second-order valence-electron chi connectivity index (χ2n) is 5.17. The fraction of sp³-hybridized carbons (Fsp3) is 0.571. The van der Waals surface area contributed by atoms with Gasteiger partial charge in [-0.15, -0.1) is 0 Å². The summed E-state index contributed by atoms with van der Waals surface area (Å²) >= 11 is 0. The van der Waals surface area contributed by atoms with Gasteiger partial charge in [0, 0.05) is 19.1 Å². The zero-order valence-corrected chi connectivity index (χ0v) is 10.9. The lowest BCUT2D eigenvalue weighted by Gasteiger charge is -2.29. The zero-order valence-electron chi connectivity index (χ0n) is 10.9. The number of hydrogen-bond donors (Lipinski definition) is 1. The van der Waals surface area contributed by atoms with Crippen LogP contribution in [0.1, 0.15) is 20.3 Å². The molecule has 1 aliphatic rings. The van der Waals surface area contributed by atoms with Crippen molar-refractivity contribution >= 4 is 5.69 Å². The van der Waals surface area contributed by atoms with Gasteiger partial charge in [-0.1, -0.05) is 19.9 Å². The summed E-state index contributed by atoms with van der Waals surface area (Å²) in [6.45, 7) is 6.48. The minimum Gasteiger partial charge on any atom is -0.365 e. The molecule has 1 fully saturated rings. The Bertz CT molecular complexity index is 387. The van der Waals surface area contributed by atoms with E-state index in [2.05, 4.69) is 19.2 Å². The topological polar surface area (TPSA) is 15.3 Å². The van der Waals surface area contributed by atoms with Crippen LogP contribution in [-0.2, 0) is 0 Å². The van der Waals surface area contributed by atoms with Crippen molar-refractivity contribution in [3.05, 3.63) is 29.8 Å². The summed E-state index contributed by atoms with van der Waals surface area (Å²) in [4.78, 5) is 1.83. The summed E-state index contributed by atoms with van der Waals surface area (Å²) in [6.07, 6.45) is 0.900. The van der Waals surface area contributed by atoms with Gasteiger partial charge in [0.2, 0.25) is 0 Å². The highest BCUT2D eigenvalue weighted by Gasteiger charge is 2.24. The van der Waals surface area contributed by atoms with Gasteiger partial charge in [0.25, 0.3) is 0 Å². The zero-order chi connectivity index (χ0) is 13.1. The fourth-order valence-electron chi connectivity index (χ4n) is 2.39. The molecule has 0 saturated carbocycles. The standard InChI is InChI=1S/C14H20F2N2/c1-10(2)13-9-18(8-4-7-17-13)14-11(15)5-3-6-12(14)16/h3,5-6,10,13,17H,4,7-9H2,1-2H3. The van der Waals surface area contributed by atoms with Crippen LogP contribution in [0.4, 0.5) is 14.5 Å². The molecule has 2 rings (SSSR count).